The van der Waals surface area contributed by atoms with E-state index in [0.29, 0.717) is 17.4 Å². The summed E-state index contributed by atoms with van der Waals surface area (Å²) in [5.41, 5.74) is 0.891. The molecule has 19 heavy (non-hydrogen) atoms. The summed E-state index contributed by atoms with van der Waals surface area (Å²) in [4.78, 5) is 4.47. The molecule has 0 saturated heterocycles. The average Bonchev–Trinajstić information content (AvgIpc) is 2.80. The highest BCUT2D eigenvalue weighted by atomic mass is 35.5. The minimum atomic E-state index is 0.224. The molecule has 0 radical (unpaired) electrons. The van der Waals surface area contributed by atoms with Crippen molar-refractivity contribution in [2.45, 2.75) is 6.61 Å². The van der Waals surface area contributed by atoms with Crippen LogP contribution in [0.5, 0.6) is 11.5 Å². The predicted molar refractivity (Wildman–Crippen MR) is 77.1 cm³/mol. The SMILES string of the molecule is Oc1ccc(OCc2nc3cc(Cl)ccc3s2)cc1. The van der Waals surface area contributed by atoms with Crippen molar-refractivity contribution < 1.29 is 9.84 Å². The maximum atomic E-state index is 9.18. The Bertz CT molecular complexity index is 709. The van der Waals surface area contributed by atoms with E-state index in [4.69, 9.17) is 16.3 Å². The molecule has 2 aromatic carbocycles. The molecule has 96 valence electrons. The third-order valence-electron chi connectivity index (χ3n) is 2.59. The lowest BCUT2D eigenvalue weighted by atomic mass is 10.3. The Labute approximate surface area is 119 Å². The standard InChI is InChI=1S/C14H10ClNO2S/c15-9-1-6-13-12(7-9)16-14(19-13)8-18-11-4-2-10(17)3-5-11/h1-7,17H,8H2. The van der Waals surface area contributed by atoms with Gasteiger partial charge in [-0.1, -0.05) is 11.6 Å². The van der Waals surface area contributed by atoms with Gasteiger partial charge in [0.1, 0.15) is 23.1 Å². The van der Waals surface area contributed by atoms with Crippen LogP contribution in [0.1, 0.15) is 5.01 Å². The topological polar surface area (TPSA) is 42.4 Å². The van der Waals surface area contributed by atoms with Crippen LogP contribution in [-0.4, -0.2) is 10.1 Å². The molecule has 3 nitrogen and oxygen atoms in total. The lowest BCUT2D eigenvalue weighted by Crippen LogP contribution is -1.93. The molecule has 0 aliphatic carbocycles. The molecule has 1 heterocycles. The summed E-state index contributed by atoms with van der Waals surface area (Å²) >= 11 is 7.51. The summed E-state index contributed by atoms with van der Waals surface area (Å²) < 4.78 is 6.70. The van der Waals surface area contributed by atoms with Crippen LogP contribution in [-0.2, 0) is 6.61 Å². The van der Waals surface area contributed by atoms with Crippen LogP contribution in [0.25, 0.3) is 10.2 Å². The molecule has 3 rings (SSSR count). The summed E-state index contributed by atoms with van der Waals surface area (Å²) in [6, 6.07) is 12.3. The molecular weight excluding hydrogens is 282 g/mol. The maximum Gasteiger partial charge on any atom is 0.140 e. The molecule has 0 bridgehead atoms. The van der Waals surface area contributed by atoms with Gasteiger partial charge in [-0.15, -0.1) is 11.3 Å². The first-order valence-corrected chi connectivity index (χ1v) is 6.87. The van der Waals surface area contributed by atoms with Crippen molar-refractivity contribution in [3.05, 3.63) is 52.5 Å². The van der Waals surface area contributed by atoms with Crippen LogP contribution in [0, 0.1) is 0 Å². The van der Waals surface area contributed by atoms with Gasteiger partial charge in [0, 0.05) is 5.02 Å². The van der Waals surface area contributed by atoms with Crippen molar-refractivity contribution >= 4 is 33.2 Å². The lowest BCUT2D eigenvalue weighted by Gasteiger charge is -2.03. The Morgan fingerprint density at radius 3 is 2.74 bits per heavy atom. The van der Waals surface area contributed by atoms with Crippen LogP contribution in [0.3, 0.4) is 0 Å². The highest BCUT2D eigenvalue weighted by Gasteiger charge is 2.05. The highest BCUT2D eigenvalue weighted by Crippen LogP contribution is 2.26. The zero-order valence-corrected chi connectivity index (χ0v) is 11.4. The molecule has 0 aliphatic rings. The second kappa shape index (κ2) is 5.07. The molecule has 3 aromatic rings. The van der Waals surface area contributed by atoms with E-state index in [0.717, 1.165) is 15.2 Å². The molecule has 5 heteroatoms. The number of rotatable bonds is 3. The van der Waals surface area contributed by atoms with Crippen molar-refractivity contribution in [2.75, 3.05) is 0 Å². The van der Waals surface area contributed by atoms with Gasteiger partial charge in [0.2, 0.25) is 0 Å². The predicted octanol–water partition coefficient (Wildman–Crippen LogP) is 4.23. The van der Waals surface area contributed by atoms with Crippen LogP contribution < -0.4 is 4.74 Å². The largest absolute Gasteiger partial charge is 0.508 e. The minimum Gasteiger partial charge on any atom is -0.508 e. The Balaban J connectivity index is 1.76. The van der Waals surface area contributed by atoms with Crippen molar-refractivity contribution in [3.63, 3.8) is 0 Å². The zero-order valence-electron chi connectivity index (χ0n) is 9.84. The monoisotopic (exact) mass is 291 g/mol. The number of hydrogen-bond acceptors (Lipinski definition) is 4. The van der Waals surface area contributed by atoms with E-state index in [1.165, 1.54) is 0 Å². The van der Waals surface area contributed by atoms with Gasteiger partial charge in [-0.05, 0) is 42.5 Å². The van der Waals surface area contributed by atoms with Crippen molar-refractivity contribution in [3.8, 4) is 11.5 Å². The Morgan fingerprint density at radius 1 is 1.16 bits per heavy atom. The summed E-state index contributed by atoms with van der Waals surface area (Å²) in [5, 5.41) is 10.8. The first-order valence-electron chi connectivity index (χ1n) is 5.67. The lowest BCUT2D eigenvalue weighted by molar-refractivity contribution is 0.305. The number of phenolic OH excluding ortho intramolecular Hbond substituents is 1. The number of benzene rings is 2. The van der Waals surface area contributed by atoms with Crippen molar-refractivity contribution in [2.24, 2.45) is 0 Å². The summed E-state index contributed by atoms with van der Waals surface area (Å²) in [6.45, 7) is 0.405. The number of halogens is 1. The number of thiazole rings is 1. The van der Waals surface area contributed by atoms with E-state index in [-0.39, 0.29) is 5.75 Å². The number of fused-ring (bicyclic) bond motifs is 1. The van der Waals surface area contributed by atoms with E-state index in [9.17, 15) is 5.11 Å². The molecule has 0 saturated carbocycles. The van der Waals surface area contributed by atoms with Crippen LogP contribution in [0.4, 0.5) is 0 Å². The van der Waals surface area contributed by atoms with Gasteiger partial charge in [-0.2, -0.15) is 0 Å². The molecule has 0 aliphatic heterocycles. The van der Waals surface area contributed by atoms with E-state index in [2.05, 4.69) is 4.98 Å². The van der Waals surface area contributed by atoms with E-state index in [1.54, 1.807) is 35.6 Å². The second-order valence-corrected chi connectivity index (χ2v) is 5.55. The average molecular weight is 292 g/mol. The Morgan fingerprint density at radius 2 is 1.95 bits per heavy atom. The summed E-state index contributed by atoms with van der Waals surface area (Å²) in [6.07, 6.45) is 0. The van der Waals surface area contributed by atoms with Gasteiger partial charge in [-0.3, -0.25) is 0 Å². The van der Waals surface area contributed by atoms with Gasteiger partial charge >= 0.3 is 0 Å². The number of aromatic hydroxyl groups is 1. The second-order valence-electron chi connectivity index (χ2n) is 4.00. The van der Waals surface area contributed by atoms with E-state index < -0.39 is 0 Å². The molecule has 0 atom stereocenters. The van der Waals surface area contributed by atoms with Crippen LogP contribution in [0.2, 0.25) is 5.02 Å². The highest BCUT2D eigenvalue weighted by molar-refractivity contribution is 7.18. The molecule has 0 amide bonds. The fourth-order valence-corrected chi connectivity index (χ4v) is 2.72. The quantitative estimate of drug-likeness (QED) is 0.785. The molecule has 1 N–H and O–H groups in total. The Kier molecular flexibility index (Phi) is 3.27. The fourth-order valence-electron chi connectivity index (χ4n) is 1.70. The van der Waals surface area contributed by atoms with Gasteiger partial charge in [0.05, 0.1) is 10.2 Å². The van der Waals surface area contributed by atoms with Gasteiger partial charge in [0.25, 0.3) is 0 Å². The molecule has 0 unspecified atom stereocenters. The normalized spacial score (nSPS) is 10.8. The zero-order chi connectivity index (χ0) is 13.2. The molecule has 0 spiro atoms. The van der Waals surface area contributed by atoms with Gasteiger partial charge in [0.15, 0.2) is 0 Å². The number of hydrogen-bond donors (Lipinski definition) is 1. The first-order chi connectivity index (χ1) is 9.20. The third kappa shape index (κ3) is 2.80. The van der Waals surface area contributed by atoms with Crippen LogP contribution >= 0.6 is 22.9 Å². The van der Waals surface area contributed by atoms with Gasteiger partial charge in [-0.25, -0.2) is 4.98 Å². The van der Waals surface area contributed by atoms with Gasteiger partial charge < -0.3 is 9.84 Å². The fraction of sp³-hybridized carbons (Fsp3) is 0.0714. The number of aromatic nitrogens is 1. The summed E-state index contributed by atoms with van der Waals surface area (Å²) in [7, 11) is 0. The number of ether oxygens (including phenoxy) is 1. The third-order valence-corrected chi connectivity index (χ3v) is 3.84. The number of nitrogens with zero attached hydrogens (tertiary/aromatic N) is 1. The van der Waals surface area contributed by atoms with Crippen LogP contribution in [0.15, 0.2) is 42.5 Å². The molecular formula is C14H10ClNO2S. The van der Waals surface area contributed by atoms with E-state index >= 15 is 0 Å². The molecule has 1 aromatic heterocycles. The van der Waals surface area contributed by atoms with E-state index in [1.807, 2.05) is 18.2 Å². The van der Waals surface area contributed by atoms with Crippen molar-refractivity contribution in [1.29, 1.82) is 0 Å². The smallest absolute Gasteiger partial charge is 0.140 e. The Hall–Kier alpha value is -1.78. The minimum absolute atomic E-state index is 0.224. The van der Waals surface area contributed by atoms with Crippen molar-refractivity contribution in [1.82, 2.24) is 4.98 Å². The number of phenols is 1. The first kappa shape index (κ1) is 12.3. The molecule has 0 fully saturated rings. The summed E-state index contributed by atoms with van der Waals surface area (Å²) in [5.74, 6) is 0.928. The maximum absolute atomic E-state index is 9.18.